The van der Waals surface area contributed by atoms with Crippen molar-refractivity contribution in [2.45, 2.75) is 0 Å². The number of fused-ring (bicyclic) bond motifs is 2. The Morgan fingerprint density at radius 2 is 1.46 bits per heavy atom. The highest BCUT2D eigenvalue weighted by Crippen LogP contribution is 2.45. The maximum atomic E-state index is 11.7. The SMILES string of the molecule is CNc1ccc2ccccc2c1-c1c(O)c(C(=O)O)cc2ccccc12. The van der Waals surface area contributed by atoms with Crippen LogP contribution in [0.2, 0.25) is 0 Å². The standard InChI is InChI=1S/C22H17NO3/c1-23-18-11-10-13-6-2-4-8-15(13)19(18)20-16-9-5-3-7-14(16)12-17(21(20)24)22(25)26/h2-12,23-24H,1H3,(H,25,26). The van der Waals surface area contributed by atoms with Crippen LogP contribution in [0.4, 0.5) is 5.69 Å². The van der Waals surface area contributed by atoms with Crippen molar-refractivity contribution < 1.29 is 15.0 Å². The van der Waals surface area contributed by atoms with Gasteiger partial charge in [-0.15, -0.1) is 0 Å². The maximum absolute atomic E-state index is 11.7. The molecule has 26 heavy (non-hydrogen) atoms. The summed E-state index contributed by atoms with van der Waals surface area (Å²) in [6.45, 7) is 0. The molecule has 0 aliphatic carbocycles. The second-order valence-corrected chi connectivity index (χ2v) is 6.13. The molecule has 0 unspecified atom stereocenters. The summed E-state index contributed by atoms with van der Waals surface area (Å²) in [6.07, 6.45) is 0. The Morgan fingerprint density at radius 3 is 2.12 bits per heavy atom. The highest BCUT2D eigenvalue weighted by atomic mass is 16.4. The van der Waals surface area contributed by atoms with Crippen molar-refractivity contribution in [1.82, 2.24) is 0 Å². The molecule has 0 bridgehead atoms. The largest absolute Gasteiger partial charge is 0.506 e. The second kappa shape index (κ2) is 6.08. The van der Waals surface area contributed by atoms with Gasteiger partial charge in [0.2, 0.25) is 0 Å². The average molecular weight is 343 g/mol. The molecule has 0 saturated carbocycles. The molecule has 4 aromatic carbocycles. The molecule has 0 aliphatic heterocycles. The van der Waals surface area contributed by atoms with E-state index in [9.17, 15) is 15.0 Å². The van der Waals surface area contributed by atoms with E-state index in [2.05, 4.69) is 5.32 Å². The van der Waals surface area contributed by atoms with Crippen molar-refractivity contribution >= 4 is 33.2 Å². The summed E-state index contributed by atoms with van der Waals surface area (Å²) in [7, 11) is 1.81. The molecule has 3 N–H and O–H groups in total. The van der Waals surface area contributed by atoms with Gasteiger partial charge in [0.15, 0.2) is 0 Å². The summed E-state index contributed by atoms with van der Waals surface area (Å²) >= 11 is 0. The quantitative estimate of drug-likeness (QED) is 0.484. The van der Waals surface area contributed by atoms with Gasteiger partial charge in [0.1, 0.15) is 11.3 Å². The zero-order valence-electron chi connectivity index (χ0n) is 14.2. The summed E-state index contributed by atoms with van der Waals surface area (Å²) in [4.78, 5) is 11.7. The zero-order chi connectivity index (χ0) is 18.3. The van der Waals surface area contributed by atoms with Crippen molar-refractivity contribution in [3.63, 3.8) is 0 Å². The van der Waals surface area contributed by atoms with Crippen LogP contribution in [0.5, 0.6) is 5.75 Å². The van der Waals surface area contributed by atoms with E-state index in [1.54, 1.807) is 0 Å². The topological polar surface area (TPSA) is 69.6 Å². The van der Waals surface area contributed by atoms with E-state index in [1.165, 1.54) is 6.07 Å². The molecule has 0 heterocycles. The molecule has 0 spiro atoms. The number of aromatic hydroxyl groups is 1. The average Bonchev–Trinajstić information content (AvgIpc) is 2.67. The highest BCUT2D eigenvalue weighted by Gasteiger charge is 2.21. The van der Waals surface area contributed by atoms with Gasteiger partial charge in [-0.2, -0.15) is 0 Å². The van der Waals surface area contributed by atoms with E-state index >= 15 is 0 Å². The van der Waals surface area contributed by atoms with Crippen molar-refractivity contribution in [3.8, 4) is 16.9 Å². The lowest BCUT2D eigenvalue weighted by molar-refractivity contribution is 0.0694. The number of rotatable bonds is 3. The van der Waals surface area contributed by atoms with E-state index in [-0.39, 0.29) is 11.3 Å². The fourth-order valence-electron chi connectivity index (χ4n) is 3.50. The fraction of sp³-hybridized carbons (Fsp3) is 0.0455. The predicted molar refractivity (Wildman–Crippen MR) is 105 cm³/mol. The molecule has 0 saturated heterocycles. The number of benzene rings is 4. The van der Waals surface area contributed by atoms with Crippen LogP contribution in [-0.4, -0.2) is 23.2 Å². The summed E-state index contributed by atoms with van der Waals surface area (Å²) in [5, 5.41) is 27.2. The monoisotopic (exact) mass is 343 g/mol. The second-order valence-electron chi connectivity index (χ2n) is 6.13. The van der Waals surface area contributed by atoms with E-state index < -0.39 is 5.97 Å². The Morgan fingerprint density at radius 1 is 0.846 bits per heavy atom. The number of nitrogens with one attached hydrogen (secondary N) is 1. The molecule has 0 amide bonds. The molecule has 4 aromatic rings. The van der Waals surface area contributed by atoms with Gasteiger partial charge < -0.3 is 15.5 Å². The van der Waals surface area contributed by atoms with E-state index in [4.69, 9.17) is 0 Å². The number of carbonyl (C=O) groups is 1. The minimum Gasteiger partial charge on any atom is -0.506 e. The minimum atomic E-state index is -1.15. The maximum Gasteiger partial charge on any atom is 0.339 e. The van der Waals surface area contributed by atoms with Crippen LogP contribution >= 0.6 is 0 Å². The normalized spacial score (nSPS) is 11.0. The third-order valence-corrected chi connectivity index (χ3v) is 4.70. The summed E-state index contributed by atoms with van der Waals surface area (Å²) < 4.78 is 0. The summed E-state index contributed by atoms with van der Waals surface area (Å²) in [6, 6.07) is 20.8. The number of hydrogen-bond donors (Lipinski definition) is 3. The molecule has 0 aromatic heterocycles. The first-order valence-corrected chi connectivity index (χ1v) is 8.29. The fourth-order valence-corrected chi connectivity index (χ4v) is 3.50. The number of carboxylic acid groups (broad SMARTS) is 1. The molecular formula is C22H17NO3. The Bertz CT molecular complexity index is 1160. The van der Waals surface area contributed by atoms with Gasteiger partial charge in [0.25, 0.3) is 0 Å². The van der Waals surface area contributed by atoms with E-state index in [1.807, 2.05) is 67.7 Å². The van der Waals surface area contributed by atoms with Gasteiger partial charge >= 0.3 is 5.97 Å². The van der Waals surface area contributed by atoms with Crippen LogP contribution in [-0.2, 0) is 0 Å². The van der Waals surface area contributed by atoms with Gasteiger partial charge in [-0.1, -0.05) is 54.6 Å². The first-order valence-electron chi connectivity index (χ1n) is 8.29. The lowest BCUT2D eigenvalue weighted by Gasteiger charge is -2.18. The molecule has 128 valence electrons. The van der Waals surface area contributed by atoms with Gasteiger partial charge in [0.05, 0.1) is 0 Å². The number of carboxylic acids is 1. The van der Waals surface area contributed by atoms with Crippen LogP contribution in [0.25, 0.3) is 32.7 Å². The van der Waals surface area contributed by atoms with E-state index in [0.29, 0.717) is 5.56 Å². The Kier molecular flexibility index (Phi) is 3.73. The molecular weight excluding hydrogens is 326 g/mol. The minimum absolute atomic E-state index is 0.103. The molecule has 0 radical (unpaired) electrons. The van der Waals surface area contributed by atoms with Crippen molar-refractivity contribution in [2.75, 3.05) is 12.4 Å². The van der Waals surface area contributed by atoms with Crippen LogP contribution in [0.15, 0.2) is 66.7 Å². The Balaban J connectivity index is 2.24. The Labute approximate surface area is 150 Å². The smallest absolute Gasteiger partial charge is 0.339 e. The molecule has 4 heteroatoms. The Hall–Kier alpha value is -3.53. The molecule has 4 nitrogen and oxygen atoms in total. The number of aromatic carboxylic acids is 1. The molecule has 0 atom stereocenters. The molecule has 0 aliphatic rings. The van der Waals surface area contributed by atoms with Gasteiger partial charge in [0, 0.05) is 23.9 Å². The lowest BCUT2D eigenvalue weighted by Crippen LogP contribution is -2.00. The first kappa shape index (κ1) is 16.0. The van der Waals surface area contributed by atoms with Crippen LogP contribution in [0.3, 0.4) is 0 Å². The number of anilines is 1. The van der Waals surface area contributed by atoms with Gasteiger partial charge in [-0.25, -0.2) is 4.79 Å². The van der Waals surface area contributed by atoms with Crippen LogP contribution < -0.4 is 5.32 Å². The van der Waals surface area contributed by atoms with Crippen molar-refractivity contribution in [2.24, 2.45) is 0 Å². The third kappa shape index (κ3) is 2.35. The van der Waals surface area contributed by atoms with Crippen molar-refractivity contribution in [1.29, 1.82) is 0 Å². The predicted octanol–water partition coefficient (Wildman–Crippen LogP) is 5.11. The summed E-state index contributed by atoms with van der Waals surface area (Å²) in [5.74, 6) is -1.37. The van der Waals surface area contributed by atoms with Crippen LogP contribution in [0.1, 0.15) is 10.4 Å². The zero-order valence-corrected chi connectivity index (χ0v) is 14.2. The van der Waals surface area contributed by atoms with E-state index in [0.717, 1.165) is 32.8 Å². The number of hydrogen-bond acceptors (Lipinski definition) is 3. The van der Waals surface area contributed by atoms with Gasteiger partial charge in [-0.05, 0) is 33.7 Å². The number of phenols is 1. The highest BCUT2D eigenvalue weighted by molar-refractivity contribution is 6.14. The first-order chi connectivity index (χ1) is 12.6. The van der Waals surface area contributed by atoms with Crippen LogP contribution in [0, 0.1) is 0 Å². The third-order valence-electron chi connectivity index (χ3n) is 4.70. The molecule has 4 rings (SSSR count). The summed E-state index contributed by atoms with van der Waals surface area (Å²) in [5.41, 5.74) is 2.05. The lowest BCUT2D eigenvalue weighted by atomic mass is 9.90. The molecule has 0 fully saturated rings. The van der Waals surface area contributed by atoms with Gasteiger partial charge in [-0.3, -0.25) is 0 Å². The van der Waals surface area contributed by atoms with Crippen molar-refractivity contribution in [3.05, 3.63) is 72.3 Å².